The van der Waals surface area contributed by atoms with E-state index >= 15 is 0 Å². The normalized spacial score (nSPS) is 11.6. The molecule has 7 nitrogen and oxygen atoms in total. The van der Waals surface area contributed by atoms with E-state index in [0.717, 1.165) is 16.7 Å². The van der Waals surface area contributed by atoms with Crippen LogP contribution in [0.15, 0.2) is 83.3 Å². The van der Waals surface area contributed by atoms with Crippen molar-refractivity contribution in [3.8, 4) is 11.5 Å². The second-order valence-corrected chi connectivity index (χ2v) is 8.49. The number of aryl methyl sites for hydroxylation is 2. The van der Waals surface area contributed by atoms with Gasteiger partial charge in [-0.1, -0.05) is 48.0 Å². The van der Waals surface area contributed by atoms with E-state index in [4.69, 9.17) is 4.42 Å². The minimum Gasteiger partial charge on any atom is -0.421 e. The Kier molecular flexibility index (Phi) is 7.35. The first-order chi connectivity index (χ1) is 16.9. The van der Waals surface area contributed by atoms with E-state index in [9.17, 15) is 9.59 Å². The summed E-state index contributed by atoms with van der Waals surface area (Å²) in [5.41, 5.74) is 4.19. The van der Waals surface area contributed by atoms with Crippen molar-refractivity contribution in [2.24, 2.45) is 0 Å². The average Bonchev–Trinajstić information content (AvgIpc) is 3.36. The Labute approximate surface area is 204 Å². The number of carbonyl (C=O) groups is 2. The summed E-state index contributed by atoms with van der Waals surface area (Å²) in [7, 11) is 1.77. The number of hydrogen-bond acceptors (Lipinski definition) is 5. The zero-order chi connectivity index (χ0) is 24.8. The number of aromatic nitrogens is 2. The maximum Gasteiger partial charge on any atom is 0.255 e. The fraction of sp³-hybridized carbons (Fsp3) is 0.214. The second-order valence-electron chi connectivity index (χ2n) is 8.49. The van der Waals surface area contributed by atoms with E-state index in [0.29, 0.717) is 29.5 Å². The summed E-state index contributed by atoms with van der Waals surface area (Å²) >= 11 is 0. The molecule has 0 radical (unpaired) electrons. The van der Waals surface area contributed by atoms with Gasteiger partial charge in [0.25, 0.3) is 5.91 Å². The molecule has 0 bridgehead atoms. The highest BCUT2D eigenvalue weighted by atomic mass is 16.4. The number of carbonyl (C=O) groups excluding carboxylic acids is 2. The summed E-state index contributed by atoms with van der Waals surface area (Å²) in [6, 6.07) is 24.3. The first kappa shape index (κ1) is 23.9. The van der Waals surface area contributed by atoms with Crippen molar-refractivity contribution < 1.29 is 14.0 Å². The molecule has 178 valence electrons. The van der Waals surface area contributed by atoms with E-state index in [1.54, 1.807) is 24.1 Å². The largest absolute Gasteiger partial charge is 0.421 e. The van der Waals surface area contributed by atoms with Gasteiger partial charge in [0.05, 0.1) is 6.04 Å². The van der Waals surface area contributed by atoms with Gasteiger partial charge in [-0.3, -0.25) is 9.59 Å². The molecule has 35 heavy (non-hydrogen) atoms. The molecule has 0 saturated heterocycles. The van der Waals surface area contributed by atoms with Crippen molar-refractivity contribution in [2.45, 2.75) is 32.7 Å². The minimum atomic E-state index is -0.179. The van der Waals surface area contributed by atoms with Gasteiger partial charge in [-0.05, 0) is 55.8 Å². The summed E-state index contributed by atoms with van der Waals surface area (Å²) in [5, 5.41) is 11.1. The van der Waals surface area contributed by atoms with Crippen LogP contribution in [0.2, 0.25) is 0 Å². The molecular weight excluding hydrogens is 440 g/mol. The third-order valence-corrected chi connectivity index (χ3v) is 5.96. The fourth-order valence-corrected chi connectivity index (χ4v) is 3.67. The zero-order valence-corrected chi connectivity index (χ0v) is 20.1. The fourth-order valence-electron chi connectivity index (χ4n) is 3.67. The standard InChI is InChI=1S/C28H28N4O3/c1-19-12-14-22(15-13-19)28-31-30-25(35-28)16-17-26(33)32(3)20(2)23-10-7-11-24(18-23)29-27(34)21-8-5-4-6-9-21/h4-15,18,20H,16-17H2,1-3H3,(H,29,34). The number of benzene rings is 3. The lowest BCUT2D eigenvalue weighted by atomic mass is 10.1. The van der Waals surface area contributed by atoms with Crippen molar-refractivity contribution in [1.82, 2.24) is 15.1 Å². The van der Waals surface area contributed by atoms with Crippen LogP contribution in [0.5, 0.6) is 0 Å². The van der Waals surface area contributed by atoms with Gasteiger partial charge in [0.1, 0.15) is 0 Å². The molecule has 0 spiro atoms. The van der Waals surface area contributed by atoms with Gasteiger partial charge < -0.3 is 14.6 Å². The topological polar surface area (TPSA) is 88.3 Å². The smallest absolute Gasteiger partial charge is 0.255 e. The van der Waals surface area contributed by atoms with Gasteiger partial charge in [0.15, 0.2) is 0 Å². The van der Waals surface area contributed by atoms with E-state index in [-0.39, 0.29) is 24.3 Å². The van der Waals surface area contributed by atoms with Gasteiger partial charge in [-0.25, -0.2) is 0 Å². The first-order valence-electron chi connectivity index (χ1n) is 11.5. The van der Waals surface area contributed by atoms with Gasteiger partial charge >= 0.3 is 0 Å². The third kappa shape index (κ3) is 6.00. The van der Waals surface area contributed by atoms with Crippen LogP contribution in [0.1, 0.15) is 46.8 Å². The molecule has 0 aliphatic heterocycles. The summed E-state index contributed by atoms with van der Waals surface area (Å²) in [6.45, 7) is 3.97. The number of hydrogen-bond donors (Lipinski definition) is 1. The predicted molar refractivity (Wildman–Crippen MR) is 135 cm³/mol. The Morgan fingerprint density at radius 3 is 2.46 bits per heavy atom. The van der Waals surface area contributed by atoms with Crippen LogP contribution in [-0.2, 0) is 11.2 Å². The maximum absolute atomic E-state index is 12.9. The number of anilines is 1. The molecule has 1 N–H and O–H groups in total. The molecule has 1 aromatic heterocycles. The Morgan fingerprint density at radius 2 is 1.71 bits per heavy atom. The first-order valence-corrected chi connectivity index (χ1v) is 11.5. The molecule has 0 aliphatic rings. The van der Waals surface area contributed by atoms with Gasteiger partial charge in [0, 0.05) is 36.7 Å². The zero-order valence-electron chi connectivity index (χ0n) is 20.1. The van der Waals surface area contributed by atoms with Crippen LogP contribution >= 0.6 is 0 Å². The van der Waals surface area contributed by atoms with Crippen LogP contribution in [0.3, 0.4) is 0 Å². The van der Waals surface area contributed by atoms with Crippen LogP contribution < -0.4 is 5.32 Å². The lowest BCUT2D eigenvalue weighted by molar-refractivity contribution is -0.131. The molecule has 4 aromatic rings. The number of nitrogens with one attached hydrogen (secondary N) is 1. The molecule has 0 saturated carbocycles. The van der Waals surface area contributed by atoms with Crippen LogP contribution in [0, 0.1) is 6.92 Å². The average molecular weight is 469 g/mol. The second kappa shape index (κ2) is 10.8. The Hall–Kier alpha value is -4.26. The van der Waals surface area contributed by atoms with Crippen molar-refractivity contribution in [1.29, 1.82) is 0 Å². The van der Waals surface area contributed by atoms with Crippen molar-refractivity contribution >= 4 is 17.5 Å². The van der Waals surface area contributed by atoms with Gasteiger partial charge in [0.2, 0.25) is 17.7 Å². The van der Waals surface area contributed by atoms with Crippen molar-refractivity contribution in [2.75, 3.05) is 12.4 Å². The lowest BCUT2D eigenvalue weighted by Gasteiger charge is -2.25. The molecule has 4 rings (SSSR count). The predicted octanol–water partition coefficient (Wildman–Crippen LogP) is 5.45. The van der Waals surface area contributed by atoms with E-state index < -0.39 is 0 Å². The monoisotopic (exact) mass is 468 g/mol. The van der Waals surface area contributed by atoms with Gasteiger partial charge in [-0.15, -0.1) is 10.2 Å². The molecule has 3 aromatic carbocycles. The molecule has 1 unspecified atom stereocenters. The highest BCUT2D eigenvalue weighted by Crippen LogP contribution is 2.24. The van der Waals surface area contributed by atoms with Crippen LogP contribution in [0.4, 0.5) is 5.69 Å². The Morgan fingerprint density at radius 1 is 0.971 bits per heavy atom. The van der Waals surface area contributed by atoms with E-state index in [1.807, 2.05) is 80.6 Å². The molecular formula is C28H28N4O3. The van der Waals surface area contributed by atoms with E-state index in [2.05, 4.69) is 15.5 Å². The number of nitrogens with zero attached hydrogens (tertiary/aromatic N) is 3. The summed E-state index contributed by atoms with van der Waals surface area (Å²) in [6.07, 6.45) is 0.614. The maximum atomic E-state index is 12.9. The minimum absolute atomic E-state index is 0.0358. The summed E-state index contributed by atoms with van der Waals surface area (Å²) in [5.74, 6) is 0.667. The number of rotatable bonds is 8. The summed E-state index contributed by atoms with van der Waals surface area (Å²) < 4.78 is 5.74. The quantitative estimate of drug-likeness (QED) is 0.371. The highest BCUT2D eigenvalue weighted by molar-refractivity contribution is 6.04. The Bertz CT molecular complexity index is 1300. The van der Waals surface area contributed by atoms with E-state index in [1.165, 1.54) is 0 Å². The third-order valence-electron chi connectivity index (χ3n) is 5.96. The number of amides is 2. The molecule has 1 atom stereocenters. The molecule has 7 heteroatoms. The van der Waals surface area contributed by atoms with Crippen LogP contribution in [0.25, 0.3) is 11.5 Å². The Balaban J connectivity index is 1.35. The highest BCUT2D eigenvalue weighted by Gasteiger charge is 2.19. The molecule has 0 fully saturated rings. The van der Waals surface area contributed by atoms with Gasteiger partial charge in [-0.2, -0.15) is 0 Å². The summed E-state index contributed by atoms with van der Waals surface area (Å²) in [4.78, 5) is 27.0. The molecule has 2 amide bonds. The van der Waals surface area contributed by atoms with Crippen molar-refractivity contribution in [3.63, 3.8) is 0 Å². The van der Waals surface area contributed by atoms with Crippen LogP contribution in [-0.4, -0.2) is 34.0 Å². The van der Waals surface area contributed by atoms with Crippen molar-refractivity contribution in [3.05, 3.63) is 101 Å². The lowest BCUT2D eigenvalue weighted by Crippen LogP contribution is -2.30. The SMILES string of the molecule is Cc1ccc(-c2nnc(CCC(=O)N(C)C(C)c3cccc(NC(=O)c4ccccc4)c3)o2)cc1. The molecule has 0 aliphatic carbocycles. The molecule has 1 heterocycles.